The topological polar surface area (TPSA) is 49.6 Å². The lowest BCUT2D eigenvalue weighted by Crippen LogP contribution is -2.45. The summed E-state index contributed by atoms with van der Waals surface area (Å²) in [4.78, 5) is 17.0. The van der Waals surface area contributed by atoms with E-state index in [0.717, 1.165) is 36.4 Å². The molecule has 3 rings (SSSR count). The lowest BCUT2D eigenvalue weighted by molar-refractivity contribution is -0.117. The van der Waals surface area contributed by atoms with Gasteiger partial charge >= 0.3 is 0 Å². The van der Waals surface area contributed by atoms with E-state index >= 15 is 0 Å². The molecule has 0 atom stereocenters. The molecule has 4 nitrogen and oxygen atoms in total. The van der Waals surface area contributed by atoms with Crippen molar-refractivity contribution < 1.29 is 4.79 Å². The number of hydrogen-bond donors (Lipinski definition) is 1. The van der Waals surface area contributed by atoms with Crippen LogP contribution in [0.15, 0.2) is 48.5 Å². The van der Waals surface area contributed by atoms with Crippen LogP contribution < -0.4 is 15.5 Å². The molecule has 0 radical (unpaired) electrons. The van der Waals surface area contributed by atoms with Gasteiger partial charge in [0.25, 0.3) is 0 Å². The molecule has 1 aliphatic rings. The first-order chi connectivity index (χ1) is 11.6. The molecule has 1 heterocycles. The Kier molecular flexibility index (Phi) is 6.32. The number of nitrogens with two attached hydrogens (primary N) is 1. The molecule has 1 amide bonds. The third kappa shape index (κ3) is 4.07. The van der Waals surface area contributed by atoms with E-state index < -0.39 is 0 Å². The Bertz CT molecular complexity index is 718. The Labute approximate surface area is 156 Å². The van der Waals surface area contributed by atoms with Crippen molar-refractivity contribution in [3.05, 3.63) is 54.1 Å². The Hall–Kier alpha value is -2.20. The van der Waals surface area contributed by atoms with Crippen molar-refractivity contribution in [2.45, 2.75) is 32.7 Å². The number of carbonyl (C=O) groups is 1. The highest BCUT2D eigenvalue weighted by atomic mass is 35.5. The predicted octanol–water partition coefficient (Wildman–Crippen LogP) is 3.88. The lowest BCUT2D eigenvalue weighted by atomic mass is 10.00. The van der Waals surface area contributed by atoms with Gasteiger partial charge in [-0.2, -0.15) is 0 Å². The summed E-state index contributed by atoms with van der Waals surface area (Å²) in [6.07, 6.45) is 2.01. The summed E-state index contributed by atoms with van der Waals surface area (Å²) in [5, 5.41) is 0. The molecule has 134 valence electrons. The first-order valence-electron chi connectivity index (χ1n) is 8.57. The number of amides is 1. The lowest BCUT2D eigenvalue weighted by Gasteiger charge is -2.34. The second kappa shape index (κ2) is 8.26. The van der Waals surface area contributed by atoms with Crippen LogP contribution in [-0.2, 0) is 11.2 Å². The third-order valence-corrected chi connectivity index (χ3v) is 4.53. The number of halogens is 1. The molecule has 25 heavy (non-hydrogen) atoms. The summed E-state index contributed by atoms with van der Waals surface area (Å²) in [7, 11) is 0. The van der Waals surface area contributed by atoms with Crippen LogP contribution in [-0.4, -0.2) is 25.0 Å². The number of nitrogen functional groups attached to an aromatic ring is 1. The normalized spacial score (nSPS) is 13.2. The quantitative estimate of drug-likeness (QED) is 0.842. The predicted molar refractivity (Wildman–Crippen MR) is 108 cm³/mol. The molecule has 2 aromatic carbocycles. The van der Waals surface area contributed by atoms with Crippen molar-refractivity contribution >= 4 is 35.4 Å². The minimum atomic E-state index is 0. The van der Waals surface area contributed by atoms with Crippen molar-refractivity contribution in [2.24, 2.45) is 0 Å². The van der Waals surface area contributed by atoms with E-state index in [4.69, 9.17) is 5.73 Å². The number of rotatable bonds is 4. The first kappa shape index (κ1) is 19.1. The van der Waals surface area contributed by atoms with Gasteiger partial charge in [-0.15, -0.1) is 12.4 Å². The van der Waals surface area contributed by atoms with Gasteiger partial charge in [-0.3, -0.25) is 4.79 Å². The van der Waals surface area contributed by atoms with E-state index in [-0.39, 0.29) is 24.4 Å². The van der Waals surface area contributed by atoms with E-state index in [0.29, 0.717) is 6.54 Å². The van der Waals surface area contributed by atoms with Crippen molar-refractivity contribution in [1.29, 1.82) is 0 Å². The highest BCUT2D eigenvalue weighted by Crippen LogP contribution is 2.31. The van der Waals surface area contributed by atoms with Crippen molar-refractivity contribution in [3.63, 3.8) is 0 Å². The Morgan fingerprint density at radius 2 is 1.88 bits per heavy atom. The molecule has 0 saturated heterocycles. The average molecular weight is 360 g/mol. The molecular weight excluding hydrogens is 334 g/mol. The van der Waals surface area contributed by atoms with Crippen molar-refractivity contribution in [3.8, 4) is 0 Å². The molecule has 5 heteroatoms. The summed E-state index contributed by atoms with van der Waals surface area (Å²) in [6, 6.07) is 16.0. The van der Waals surface area contributed by atoms with E-state index in [9.17, 15) is 4.79 Å². The number of nitrogens with zero attached hydrogens (tertiary/aromatic N) is 2. The molecule has 0 spiro atoms. The molecule has 0 aromatic heterocycles. The average Bonchev–Trinajstić information content (AvgIpc) is 2.56. The molecular formula is C20H26ClN3O. The molecule has 0 fully saturated rings. The summed E-state index contributed by atoms with van der Waals surface area (Å²) >= 11 is 0. The second-order valence-corrected chi connectivity index (χ2v) is 6.56. The maximum Gasteiger partial charge on any atom is 0.246 e. The molecule has 0 saturated carbocycles. The SMILES string of the molecule is CC(C)N(C(=O)CN1CCCc2c(N)cccc21)c1ccccc1.Cl. The number of carbonyl (C=O) groups excluding carboxylic acids is 1. The zero-order chi connectivity index (χ0) is 17.1. The molecule has 2 N–H and O–H groups in total. The van der Waals surface area contributed by atoms with Crippen LogP contribution >= 0.6 is 12.4 Å². The van der Waals surface area contributed by atoms with Crippen LogP contribution in [0.4, 0.5) is 17.1 Å². The van der Waals surface area contributed by atoms with Crippen LogP contribution in [0.1, 0.15) is 25.8 Å². The maximum absolute atomic E-state index is 13.0. The van der Waals surface area contributed by atoms with Gasteiger partial charge in [-0.25, -0.2) is 0 Å². The standard InChI is InChI=1S/C20H25N3O.ClH/c1-15(2)23(16-8-4-3-5-9-16)20(24)14-22-13-7-10-17-18(21)11-6-12-19(17)22;/h3-6,8-9,11-12,15H,7,10,13-14,21H2,1-2H3;1H. The van der Waals surface area contributed by atoms with Gasteiger partial charge in [0.15, 0.2) is 0 Å². The molecule has 1 aliphatic heterocycles. The van der Waals surface area contributed by atoms with Gasteiger partial charge in [0.2, 0.25) is 5.91 Å². The number of hydrogen-bond acceptors (Lipinski definition) is 3. The summed E-state index contributed by atoms with van der Waals surface area (Å²) < 4.78 is 0. The Morgan fingerprint density at radius 3 is 2.56 bits per heavy atom. The van der Waals surface area contributed by atoms with Crippen molar-refractivity contribution in [1.82, 2.24) is 0 Å². The van der Waals surface area contributed by atoms with E-state index in [1.54, 1.807) is 0 Å². The zero-order valence-corrected chi connectivity index (χ0v) is 15.6. The highest BCUT2D eigenvalue weighted by molar-refractivity contribution is 5.97. The zero-order valence-electron chi connectivity index (χ0n) is 14.8. The fraction of sp³-hybridized carbons (Fsp3) is 0.350. The second-order valence-electron chi connectivity index (χ2n) is 6.56. The van der Waals surface area contributed by atoms with Gasteiger partial charge in [-0.05, 0) is 56.5 Å². The molecule has 2 aromatic rings. The third-order valence-electron chi connectivity index (χ3n) is 4.53. The van der Waals surface area contributed by atoms with Crippen LogP contribution in [0.25, 0.3) is 0 Å². The Morgan fingerprint density at radius 1 is 1.16 bits per heavy atom. The van der Waals surface area contributed by atoms with E-state index in [2.05, 4.69) is 11.0 Å². The Balaban J connectivity index is 0.00000225. The molecule has 0 aliphatic carbocycles. The monoisotopic (exact) mass is 359 g/mol. The first-order valence-corrected chi connectivity index (χ1v) is 8.57. The summed E-state index contributed by atoms with van der Waals surface area (Å²) in [5.41, 5.74) is 10.2. The van der Waals surface area contributed by atoms with Crippen molar-refractivity contribution in [2.75, 3.05) is 28.6 Å². The minimum absolute atomic E-state index is 0. The largest absolute Gasteiger partial charge is 0.398 e. The number of para-hydroxylation sites is 1. The summed E-state index contributed by atoms with van der Waals surface area (Å²) in [6.45, 7) is 5.37. The fourth-order valence-electron chi connectivity index (χ4n) is 3.45. The van der Waals surface area contributed by atoms with Gasteiger partial charge in [0, 0.05) is 29.6 Å². The van der Waals surface area contributed by atoms with E-state index in [1.807, 2.05) is 61.2 Å². The maximum atomic E-state index is 13.0. The van der Waals surface area contributed by atoms with Gasteiger partial charge in [0.1, 0.15) is 0 Å². The van der Waals surface area contributed by atoms with Crippen LogP contribution in [0.3, 0.4) is 0 Å². The van der Waals surface area contributed by atoms with Gasteiger partial charge < -0.3 is 15.5 Å². The van der Waals surface area contributed by atoms with Gasteiger partial charge in [-0.1, -0.05) is 24.3 Å². The van der Waals surface area contributed by atoms with E-state index in [1.165, 1.54) is 5.56 Å². The molecule has 0 bridgehead atoms. The van der Waals surface area contributed by atoms with Crippen LogP contribution in [0, 0.1) is 0 Å². The smallest absolute Gasteiger partial charge is 0.246 e. The van der Waals surface area contributed by atoms with Gasteiger partial charge in [0.05, 0.1) is 6.54 Å². The van der Waals surface area contributed by atoms with Crippen LogP contribution in [0.2, 0.25) is 0 Å². The molecule has 0 unspecified atom stereocenters. The number of anilines is 3. The highest BCUT2D eigenvalue weighted by Gasteiger charge is 2.25. The number of benzene rings is 2. The summed E-state index contributed by atoms with van der Waals surface area (Å²) in [5.74, 6) is 0.117. The minimum Gasteiger partial charge on any atom is -0.398 e. The number of fused-ring (bicyclic) bond motifs is 1. The fourth-order valence-corrected chi connectivity index (χ4v) is 3.45. The van der Waals surface area contributed by atoms with Crippen LogP contribution in [0.5, 0.6) is 0 Å².